The van der Waals surface area contributed by atoms with Gasteiger partial charge in [0.05, 0.1) is 14.4 Å². The van der Waals surface area contributed by atoms with Gasteiger partial charge in [0.15, 0.2) is 0 Å². The van der Waals surface area contributed by atoms with E-state index in [2.05, 4.69) is 11.4 Å². The van der Waals surface area contributed by atoms with Gasteiger partial charge in [-0.25, -0.2) is 0 Å². The molecule has 110 valence electrons. The molecular formula is C13H27NaO4P-. The van der Waals surface area contributed by atoms with Crippen LogP contribution in [0.5, 0.6) is 0 Å². The van der Waals surface area contributed by atoms with Crippen LogP contribution in [0.3, 0.4) is 0 Å². The van der Waals surface area contributed by atoms with E-state index in [1.807, 2.05) is 0 Å². The SMILES string of the molecule is CCCCCCCCCCCCCOP(=O)([O-])[O-].[Na+]. The molecule has 4 nitrogen and oxygen atoms in total. The molecule has 0 amide bonds. The summed E-state index contributed by atoms with van der Waals surface area (Å²) in [5.74, 6) is 0. The molecule has 0 bridgehead atoms. The molecule has 0 aliphatic carbocycles. The van der Waals surface area contributed by atoms with Gasteiger partial charge in [0.1, 0.15) is 0 Å². The number of hydrogen-bond donors (Lipinski definition) is 0. The second-order valence-electron chi connectivity index (χ2n) is 4.82. The van der Waals surface area contributed by atoms with E-state index in [0.29, 0.717) is 6.42 Å². The van der Waals surface area contributed by atoms with Crippen molar-refractivity contribution in [3.8, 4) is 0 Å². The number of phosphoric ester groups is 1. The van der Waals surface area contributed by atoms with Gasteiger partial charge < -0.3 is 18.9 Å². The van der Waals surface area contributed by atoms with Gasteiger partial charge >= 0.3 is 29.6 Å². The van der Waals surface area contributed by atoms with Gasteiger partial charge in [-0.05, 0) is 6.42 Å². The molecule has 0 saturated carbocycles. The zero-order valence-electron chi connectivity index (χ0n) is 12.6. The van der Waals surface area contributed by atoms with Gasteiger partial charge in [-0.2, -0.15) is 0 Å². The zero-order valence-corrected chi connectivity index (χ0v) is 15.5. The second-order valence-corrected chi connectivity index (χ2v) is 5.97. The van der Waals surface area contributed by atoms with Crippen LogP contribution in [0.15, 0.2) is 0 Å². The van der Waals surface area contributed by atoms with Crippen LogP contribution in [0.4, 0.5) is 0 Å². The molecule has 0 aromatic carbocycles. The molecule has 0 aromatic heterocycles. The smallest absolute Gasteiger partial charge is 0.790 e. The molecule has 19 heavy (non-hydrogen) atoms. The first-order chi connectivity index (χ1) is 8.56. The summed E-state index contributed by atoms with van der Waals surface area (Å²) in [5.41, 5.74) is 0. The maximum Gasteiger partial charge on any atom is 1.00 e. The minimum atomic E-state index is -4.75. The fourth-order valence-corrected chi connectivity index (χ4v) is 2.30. The molecular weight excluding hydrogens is 274 g/mol. The van der Waals surface area contributed by atoms with Crippen LogP contribution in [0, 0.1) is 0 Å². The number of hydrogen-bond acceptors (Lipinski definition) is 4. The Bertz CT molecular complexity index is 221. The Balaban J connectivity index is 0. The monoisotopic (exact) mass is 301 g/mol. The van der Waals surface area contributed by atoms with E-state index < -0.39 is 7.82 Å². The molecule has 0 aromatic rings. The first-order valence-corrected chi connectivity index (χ1v) is 8.69. The molecule has 0 aliphatic heterocycles. The van der Waals surface area contributed by atoms with Gasteiger partial charge in [0.25, 0.3) is 0 Å². The van der Waals surface area contributed by atoms with Crippen molar-refractivity contribution in [2.75, 3.05) is 6.61 Å². The minimum absolute atomic E-state index is 0. The summed E-state index contributed by atoms with van der Waals surface area (Å²) in [7, 11) is -4.75. The Labute approximate surface area is 140 Å². The summed E-state index contributed by atoms with van der Waals surface area (Å²) in [6, 6.07) is 0. The van der Waals surface area contributed by atoms with Gasteiger partial charge in [-0.3, -0.25) is 0 Å². The van der Waals surface area contributed by atoms with Crippen LogP contribution < -0.4 is 39.3 Å². The van der Waals surface area contributed by atoms with Crippen molar-refractivity contribution in [3.63, 3.8) is 0 Å². The number of phosphoric acid groups is 1. The van der Waals surface area contributed by atoms with Crippen LogP contribution in [0.2, 0.25) is 0 Å². The predicted octanol–water partition coefficient (Wildman–Crippen LogP) is 0.147. The summed E-state index contributed by atoms with van der Waals surface area (Å²) in [5, 5.41) is 0. The molecule has 0 rings (SSSR count). The van der Waals surface area contributed by atoms with Crippen molar-refractivity contribution in [1.82, 2.24) is 0 Å². The molecule has 0 N–H and O–H groups in total. The molecule has 0 fully saturated rings. The van der Waals surface area contributed by atoms with Crippen LogP contribution in [-0.4, -0.2) is 6.61 Å². The van der Waals surface area contributed by atoms with E-state index in [1.54, 1.807) is 0 Å². The standard InChI is InChI=1S/C13H29O4P.Na/c1-2-3-4-5-6-7-8-9-10-11-12-13-17-18(14,15)16;/h2-13H2,1H3,(H2,14,15,16);/q;+1/p-2. The average Bonchev–Trinajstić information content (AvgIpc) is 2.29. The quantitative estimate of drug-likeness (QED) is 0.276. The van der Waals surface area contributed by atoms with Gasteiger partial charge in [0, 0.05) is 0 Å². The first kappa shape index (κ1) is 22.4. The van der Waals surface area contributed by atoms with E-state index in [9.17, 15) is 14.4 Å². The molecule has 6 heteroatoms. The number of rotatable bonds is 13. The third-order valence-electron chi connectivity index (χ3n) is 3.00. The molecule has 0 unspecified atom stereocenters. The van der Waals surface area contributed by atoms with Crippen LogP contribution in [0.25, 0.3) is 0 Å². The van der Waals surface area contributed by atoms with Crippen molar-refractivity contribution >= 4 is 7.82 Å². The first-order valence-electron chi connectivity index (χ1n) is 7.23. The van der Waals surface area contributed by atoms with Gasteiger partial charge in [0.2, 0.25) is 0 Å². The fraction of sp³-hybridized carbons (Fsp3) is 1.00. The Hall–Kier alpha value is 1.11. The van der Waals surface area contributed by atoms with Crippen molar-refractivity contribution in [2.45, 2.75) is 77.6 Å². The minimum Gasteiger partial charge on any atom is -0.790 e. The van der Waals surface area contributed by atoms with E-state index in [1.165, 1.54) is 51.4 Å². The topological polar surface area (TPSA) is 72.4 Å². The molecule has 0 spiro atoms. The van der Waals surface area contributed by atoms with E-state index >= 15 is 0 Å². The molecule has 0 heterocycles. The van der Waals surface area contributed by atoms with Crippen molar-refractivity contribution in [1.29, 1.82) is 0 Å². The molecule has 0 radical (unpaired) electrons. The second kappa shape index (κ2) is 15.5. The number of unbranched alkanes of at least 4 members (excludes halogenated alkanes) is 10. The third-order valence-corrected chi connectivity index (χ3v) is 3.50. The Kier molecular flexibility index (Phi) is 18.3. The van der Waals surface area contributed by atoms with E-state index in [0.717, 1.165) is 12.8 Å². The van der Waals surface area contributed by atoms with Crippen molar-refractivity contribution in [3.05, 3.63) is 0 Å². The Morgan fingerprint density at radius 2 is 1.16 bits per heavy atom. The Morgan fingerprint density at radius 3 is 1.53 bits per heavy atom. The largest absolute Gasteiger partial charge is 1.00 e. The van der Waals surface area contributed by atoms with E-state index in [-0.39, 0.29) is 36.2 Å². The molecule has 0 atom stereocenters. The Morgan fingerprint density at radius 1 is 0.789 bits per heavy atom. The summed E-state index contributed by atoms with van der Waals surface area (Å²) in [6.07, 6.45) is 13.1. The predicted molar refractivity (Wildman–Crippen MR) is 70.0 cm³/mol. The van der Waals surface area contributed by atoms with Gasteiger partial charge in [-0.1, -0.05) is 71.1 Å². The molecule has 0 aliphatic rings. The normalized spacial score (nSPS) is 11.3. The fourth-order valence-electron chi connectivity index (χ4n) is 1.94. The summed E-state index contributed by atoms with van der Waals surface area (Å²) in [4.78, 5) is 20.3. The van der Waals surface area contributed by atoms with Gasteiger partial charge in [-0.15, -0.1) is 0 Å². The summed E-state index contributed by atoms with van der Waals surface area (Å²) < 4.78 is 14.3. The maximum atomic E-state index is 10.2. The van der Waals surface area contributed by atoms with Crippen molar-refractivity contribution < 1.29 is 48.4 Å². The molecule has 0 saturated heterocycles. The zero-order chi connectivity index (χ0) is 13.7. The van der Waals surface area contributed by atoms with Crippen LogP contribution in [0.1, 0.15) is 77.6 Å². The summed E-state index contributed by atoms with van der Waals surface area (Å²) >= 11 is 0. The third kappa shape index (κ3) is 21.6. The maximum absolute atomic E-state index is 10.2. The average molecular weight is 301 g/mol. The van der Waals surface area contributed by atoms with Crippen molar-refractivity contribution in [2.24, 2.45) is 0 Å². The van der Waals surface area contributed by atoms with E-state index in [4.69, 9.17) is 0 Å². The van der Waals surface area contributed by atoms with Crippen LogP contribution >= 0.6 is 7.82 Å². The summed E-state index contributed by atoms with van der Waals surface area (Å²) in [6.45, 7) is 2.27. The van der Waals surface area contributed by atoms with Crippen LogP contribution in [-0.2, 0) is 9.09 Å².